The molecule has 0 aliphatic carbocycles. The van der Waals surface area contributed by atoms with Gasteiger partial charge in [-0.05, 0) is 19.8 Å². The molecule has 0 radical (unpaired) electrons. The normalized spacial score (nSPS) is 16.5. The van der Waals surface area contributed by atoms with Gasteiger partial charge in [-0.25, -0.2) is 0 Å². The van der Waals surface area contributed by atoms with E-state index in [0.717, 1.165) is 12.5 Å². The van der Waals surface area contributed by atoms with Gasteiger partial charge >= 0.3 is 0 Å². The van der Waals surface area contributed by atoms with Crippen LogP contribution in [0.5, 0.6) is 0 Å². The quantitative estimate of drug-likeness (QED) is 0.640. The van der Waals surface area contributed by atoms with E-state index in [4.69, 9.17) is 5.73 Å². The Morgan fingerprint density at radius 2 is 1.67 bits per heavy atom. The van der Waals surface area contributed by atoms with Gasteiger partial charge < -0.3 is 11.1 Å². The van der Waals surface area contributed by atoms with E-state index in [0.29, 0.717) is 12.1 Å². The summed E-state index contributed by atoms with van der Waals surface area (Å²) < 4.78 is 0. The predicted octanol–water partition coefficient (Wildman–Crippen LogP) is 1.75. The van der Waals surface area contributed by atoms with Crippen LogP contribution in [0.3, 0.4) is 0 Å². The van der Waals surface area contributed by atoms with Crippen LogP contribution < -0.4 is 11.1 Å². The summed E-state index contributed by atoms with van der Waals surface area (Å²) in [5.41, 5.74) is 5.54. The van der Waals surface area contributed by atoms with Crippen LogP contribution >= 0.6 is 0 Å². The topological polar surface area (TPSA) is 38.0 Å². The molecule has 0 aliphatic heterocycles. The van der Waals surface area contributed by atoms with Crippen LogP contribution in [0, 0.1) is 5.92 Å². The molecule has 0 bridgehead atoms. The molecule has 74 valence electrons. The molecule has 2 nitrogen and oxygen atoms in total. The van der Waals surface area contributed by atoms with Crippen molar-refractivity contribution in [2.24, 2.45) is 11.7 Å². The zero-order chi connectivity index (χ0) is 9.56. The second kappa shape index (κ2) is 6.44. The Morgan fingerprint density at radius 3 is 2.00 bits per heavy atom. The molecular weight excluding hydrogens is 148 g/mol. The van der Waals surface area contributed by atoms with Gasteiger partial charge in [0.1, 0.15) is 0 Å². The first kappa shape index (κ1) is 11.9. The van der Waals surface area contributed by atoms with Crippen molar-refractivity contribution in [3.05, 3.63) is 0 Å². The minimum absolute atomic E-state index is 0.445. The molecule has 12 heavy (non-hydrogen) atoms. The third-order valence-corrected chi connectivity index (χ3v) is 2.66. The molecular formula is C10H24N2. The number of hydrogen-bond donors (Lipinski definition) is 2. The summed E-state index contributed by atoms with van der Waals surface area (Å²) in [4.78, 5) is 0. The molecule has 2 heteroatoms. The lowest BCUT2D eigenvalue weighted by Gasteiger charge is -2.25. The molecule has 0 aliphatic rings. The van der Waals surface area contributed by atoms with Crippen LogP contribution in [0.15, 0.2) is 0 Å². The van der Waals surface area contributed by atoms with Crippen molar-refractivity contribution in [3.63, 3.8) is 0 Å². The van der Waals surface area contributed by atoms with Gasteiger partial charge in [0.05, 0.1) is 0 Å². The van der Waals surface area contributed by atoms with Gasteiger partial charge in [0.25, 0.3) is 0 Å². The Hall–Kier alpha value is -0.0800. The molecule has 0 aromatic rings. The van der Waals surface area contributed by atoms with Gasteiger partial charge in [-0.2, -0.15) is 0 Å². The zero-order valence-corrected chi connectivity index (χ0v) is 8.93. The monoisotopic (exact) mass is 172 g/mol. The number of hydrogen-bond acceptors (Lipinski definition) is 2. The summed E-state index contributed by atoms with van der Waals surface area (Å²) in [6.07, 6.45) is 2.50. The summed E-state index contributed by atoms with van der Waals surface area (Å²) in [5, 5.41) is 3.51. The van der Waals surface area contributed by atoms with Gasteiger partial charge in [0, 0.05) is 18.6 Å². The maximum Gasteiger partial charge on any atom is 0.0164 e. The van der Waals surface area contributed by atoms with Crippen molar-refractivity contribution < 1.29 is 0 Å². The smallest absolute Gasteiger partial charge is 0.0164 e. The minimum atomic E-state index is 0.445. The highest BCUT2D eigenvalue weighted by Gasteiger charge is 2.14. The summed E-state index contributed by atoms with van der Waals surface area (Å²) in [6, 6.07) is 1.04. The number of nitrogens with two attached hydrogens (primary N) is 1. The molecule has 0 heterocycles. The van der Waals surface area contributed by atoms with Crippen molar-refractivity contribution in [1.29, 1.82) is 0 Å². The van der Waals surface area contributed by atoms with Crippen molar-refractivity contribution in [2.45, 2.75) is 52.6 Å². The first-order valence-electron chi connectivity index (χ1n) is 5.11. The van der Waals surface area contributed by atoms with Crippen LogP contribution in [-0.4, -0.2) is 18.6 Å². The molecule has 0 spiro atoms. The van der Waals surface area contributed by atoms with Crippen molar-refractivity contribution in [2.75, 3.05) is 6.54 Å². The fourth-order valence-corrected chi connectivity index (χ4v) is 1.65. The van der Waals surface area contributed by atoms with E-state index in [9.17, 15) is 0 Å². The predicted molar refractivity (Wildman–Crippen MR) is 55.2 cm³/mol. The average molecular weight is 172 g/mol. The second-order valence-corrected chi connectivity index (χ2v) is 3.67. The van der Waals surface area contributed by atoms with E-state index in [1.165, 1.54) is 12.8 Å². The van der Waals surface area contributed by atoms with E-state index in [1.54, 1.807) is 0 Å². The van der Waals surface area contributed by atoms with Crippen LogP contribution in [0.25, 0.3) is 0 Å². The zero-order valence-electron chi connectivity index (χ0n) is 8.93. The van der Waals surface area contributed by atoms with Crippen LogP contribution in [0.4, 0.5) is 0 Å². The Morgan fingerprint density at radius 1 is 1.17 bits per heavy atom. The summed E-state index contributed by atoms with van der Waals surface area (Å²) in [6.45, 7) is 9.62. The Bertz CT molecular complexity index is 100. The third-order valence-electron chi connectivity index (χ3n) is 2.66. The van der Waals surface area contributed by atoms with Gasteiger partial charge in [0.15, 0.2) is 0 Å². The highest BCUT2D eigenvalue weighted by Crippen LogP contribution is 2.12. The molecule has 2 atom stereocenters. The molecule has 2 unspecified atom stereocenters. The van der Waals surface area contributed by atoms with Gasteiger partial charge in [-0.3, -0.25) is 0 Å². The molecule has 0 rings (SSSR count). The highest BCUT2D eigenvalue weighted by atomic mass is 15.0. The molecule has 0 fully saturated rings. The van der Waals surface area contributed by atoms with Crippen LogP contribution in [0.1, 0.15) is 40.5 Å². The maximum absolute atomic E-state index is 5.54. The lowest BCUT2D eigenvalue weighted by molar-refractivity contribution is 0.330. The van der Waals surface area contributed by atoms with Gasteiger partial charge in [0.2, 0.25) is 0 Å². The Kier molecular flexibility index (Phi) is 6.39. The number of nitrogens with one attached hydrogen (secondary N) is 1. The van der Waals surface area contributed by atoms with Crippen LogP contribution in [-0.2, 0) is 0 Å². The summed E-state index contributed by atoms with van der Waals surface area (Å²) >= 11 is 0. The number of rotatable bonds is 6. The van der Waals surface area contributed by atoms with E-state index < -0.39 is 0 Å². The second-order valence-electron chi connectivity index (χ2n) is 3.67. The molecule has 0 amide bonds. The van der Waals surface area contributed by atoms with E-state index >= 15 is 0 Å². The Labute approximate surface area is 76.9 Å². The minimum Gasteiger partial charge on any atom is -0.329 e. The molecule has 0 saturated carbocycles. The first-order chi connectivity index (χ1) is 5.65. The highest BCUT2D eigenvalue weighted by molar-refractivity contribution is 4.73. The lowest BCUT2D eigenvalue weighted by Crippen LogP contribution is -2.42. The Balaban J connectivity index is 3.75. The standard InChI is InChI=1S/C10H24N2/c1-5-10(6-2)9(4)12-8(3)7-11/h8-10,12H,5-7,11H2,1-4H3. The maximum atomic E-state index is 5.54. The van der Waals surface area contributed by atoms with Crippen molar-refractivity contribution >= 4 is 0 Å². The van der Waals surface area contributed by atoms with E-state index in [1.807, 2.05) is 0 Å². The average Bonchev–Trinajstić information content (AvgIpc) is 2.06. The third kappa shape index (κ3) is 4.07. The molecule has 3 N–H and O–H groups in total. The van der Waals surface area contributed by atoms with Gasteiger partial charge in [-0.1, -0.05) is 26.7 Å². The van der Waals surface area contributed by atoms with E-state index in [-0.39, 0.29) is 0 Å². The summed E-state index contributed by atoms with van der Waals surface area (Å²) in [7, 11) is 0. The summed E-state index contributed by atoms with van der Waals surface area (Å²) in [5.74, 6) is 0.791. The largest absolute Gasteiger partial charge is 0.329 e. The fourth-order valence-electron chi connectivity index (χ4n) is 1.65. The van der Waals surface area contributed by atoms with E-state index in [2.05, 4.69) is 33.0 Å². The van der Waals surface area contributed by atoms with Crippen molar-refractivity contribution in [1.82, 2.24) is 5.32 Å². The lowest BCUT2D eigenvalue weighted by atomic mass is 9.95. The van der Waals surface area contributed by atoms with Gasteiger partial charge in [-0.15, -0.1) is 0 Å². The van der Waals surface area contributed by atoms with Crippen LogP contribution in [0.2, 0.25) is 0 Å². The molecule has 0 aromatic carbocycles. The molecule has 0 aromatic heterocycles. The first-order valence-corrected chi connectivity index (χ1v) is 5.11. The van der Waals surface area contributed by atoms with Crippen molar-refractivity contribution in [3.8, 4) is 0 Å². The molecule has 0 saturated heterocycles. The SMILES string of the molecule is CCC(CC)C(C)NC(C)CN. The fraction of sp³-hybridized carbons (Fsp3) is 1.00.